The number of allylic oxidation sites excluding steroid dienone is 1. The molecule has 3 nitrogen and oxygen atoms in total. The second-order valence-electron chi connectivity index (χ2n) is 4.53. The summed E-state index contributed by atoms with van der Waals surface area (Å²) in [6.07, 6.45) is 8.19. The topological polar surface area (TPSA) is 35.5 Å². The smallest absolute Gasteiger partial charge is 0.341 e. The monoisotopic (exact) mass is 276 g/mol. The second-order valence-corrected chi connectivity index (χ2v) is 4.53. The van der Waals surface area contributed by atoms with Crippen molar-refractivity contribution in [1.82, 2.24) is 0 Å². The van der Waals surface area contributed by atoms with Crippen LogP contribution in [0.15, 0.2) is 36.4 Å². The minimum Gasteiger partial charge on any atom is -0.492 e. The van der Waals surface area contributed by atoms with Gasteiger partial charge in [-0.3, -0.25) is 0 Å². The molecule has 0 aliphatic carbocycles. The van der Waals surface area contributed by atoms with Gasteiger partial charge in [0.2, 0.25) is 0 Å². The number of para-hydroxylation sites is 1. The van der Waals surface area contributed by atoms with Crippen LogP contribution in [0.25, 0.3) is 0 Å². The minimum atomic E-state index is -0.316. The van der Waals surface area contributed by atoms with Crippen molar-refractivity contribution < 1.29 is 14.3 Å². The molecule has 110 valence electrons. The second kappa shape index (κ2) is 10.1. The molecule has 0 atom stereocenters. The number of ether oxygens (including phenoxy) is 2. The third-order valence-electron chi connectivity index (χ3n) is 2.71. The van der Waals surface area contributed by atoms with E-state index in [2.05, 4.69) is 19.1 Å². The van der Waals surface area contributed by atoms with Crippen molar-refractivity contribution in [3.8, 4) is 5.75 Å². The molecule has 1 rings (SSSR count). The molecule has 0 bridgehead atoms. The predicted octanol–water partition coefficient (Wildman–Crippen LogP) is 4.38. The summed E-state index contributed by atoms with van der Waals surface area (Å²) >= 11 is 0. The van der Waals surface area contributed by atoms with E-state index >= 15 is 0 Å². The van der Waals surface area contributed by atoms with E-state index in [0.29, 0.717) is 24.5 Å². The number of unbranched alkanes of at least 4 members (excludes halogenated alkanes) is 1. The van der Waals surface area contributed by atoms with Gasteiger partial charge in [0, 0.05) is 0 Å². The summed E-state index contributed by atoms with van der Waals surface area (Å²) in [7, 11) is 0. The van der Waals surface area contributed by atoms with Crippen LogP contribution in [0.5, 0.6) is 5.75 Å². The van der Waals surface area contributed by atoms with Crippen molar-refractivity contribution in [1.29, 1.82) is 0 Å². The molecule has 20 heavy (non-hydrogen) atoms. The zero-order chi connectivity index (χ0) is 14.6. The maximum Gasteiger partial charge on any atom is 0.341 e. The third kappa shape index (κ3) is 5.91. The summed E-state index contributed by atoms with van der Waals surface area (Å²) in [4.78, 5) is 11.9. The fraction of sp³-hybridized carbons (Fsp3) is 0.471. The van der Waals surface area contributed by atoms with Crippen molar-refractivity contribution in [3.63, 3.8) is 0 Å². The third-order valence-corrected chi connectivity index (χ3v) is 2.71. The summed E-state index contributed by atoms with van der Waals surface area (Å²) in [6, 6.07) is 7.22. The van der Waals surface area contributed by atoms with Crippen LogP contribution in [0.2, 0.25) is 0 Å². The van der Waals surface area contributed by atoms with Gasteiger partial charge < -0.3 is 9.47 Å². The Hall–Kier alpha value is -1.77. The lowest BCUT2D eigenvalue weighted by Gasteiger charge is -2.10. The van der Waals surface area contributed by atoms with Gasteiger partial charge in [-0.1, -0.05) is 44.6 Å². The number of rotatable bonds is 9. The van der Waals surface area contributed by atoms with Gasteiger partial charge in [0.25, 0.3) is 0 Å². The lowest BCUT2D eigenvalue weighted by atomic mass is 10.2. The summed E-state index contributed by atoms with van der Waals surface area (Å²) in [6.45, 7) is 5.13. The number of hydrogen-bond donors (Lipinski definition) is 0. The molecular weight excluding hydrogens is 252 g/mol. The van der Waals surface area contributed by atoms with E-state index in [-0.39, 0.29) is 5.97 Å². The molecule has 0 amide bonds. The molecule has 1 aromatic carbocycles. The lowest BCUT2D eigenvalue weighted by molar-refractivity contribution is 0.0500. The molecule has 0 radical (unpaired) electrons. The summed E-state index contributed by atoms with van der Waals surface area (Å²) < 4.78 is 10.8. The van der Waals surface area contributed by atoms with Gasteiger partial charge in [0.15, 0.2) is 0 Å². The van der Waals surface area contributed by atoms with E-state index in [1.165, 1.54) is 0 Å². The fourth-order valence-corrected chi connectivity index (χ4v) is 1.67. The summed E-state index contributed by atoms with van der Waals surface area (Å²) in [5.74, 6) is 0.279. The molecule has 0 N–H and O–H groups in total. The van der Waals surface area contributed by atoms with E-state index in [1.54, 1.807) is 12.1 Å². The van der Waals surface area contributed by atoms with Crippen LogP contribution >= 0.6 is 0 Å². The molecule has 0 heterocycles. The van der Waals surface area contributed by atoms with Gasteiger partial charge >= 0.3 is 5.97 Å². The van der Waals surface area contributed by atoms with Gasteiger partial charge in [-0.05, 0) is 31.4 Å². The SMILES string of the molecule is CCCC=CCCOc1ccccc1C(=O)OCCC. The first-order chi connectivity index (χ1) is 9.79. The molecule has 0 unspecified atom stereocenters. The van der Waals surface area contributed by atoms with Crippen molar-refractivity contribution in [3.05, 3.63) is 42.0 Å². The molecule has 0 spiro atoms. The Morgan fingerprint density at radius 3 is 2.55 bits per heavy atom. The fourth-order valence-electron chi connectivity index (χ4n) is 1.67. The van der Waals surface area contributed by atoms with Crippen LogP contribution in [0.1, 0.15) is 49.9 Å². The number of esters is 1. The molecule has 0 saturated carbocycles. The van der Waals surface area contributed by atoms with Crippen LogP contribution < -0.4 is 4.74 Å². The lowest BCUT2D eigenvalue weighted by Crippen LogP contribution is -2.09. The standard InChI is InChI=1S/C17H24O3/c1-3-5-6-7-10-14-19-16-12-9-8-11-15(16)17(18)20-13-4-2/h6-9,11-12H,3-5,10,13-14H2,1-2H3. The van der Waals surface area contributed by atoms with Crippen LogP contribution in [-0.2, 0) is 4.74 Å². The normalized spacial score (nSPS) is 10.7. The Kier molecular flexibility index (Phi) is 8.20. The Morgan fingerprint density at radius 2 is 1.80 bits per heavy atom. The largest absolute Gasteiger partial charge is 0.492 e. The molecule has 0 saturated heterocycles. The number of hydrogen-bond acceptors (Lipinski definition) is 3. The van der Waals surface area contributed by atoms with Crippen molar-refractivity contribution in [2.24, 2.45) is 0 Å². The summed E-state index contributed by atoms with van der Waals surface area (Å²) in [5.41, 5.74) is 0.499. The molecule has 0 aromatic heterocycles. The molecular formula is C17H24O3. The quantitative estimate of drug-likeness (QED) is 0.381. The average molecular weight is 276 g/mol. The first-order valence-corrected chi connectivity index (χ1v) is 7.33. The maximum absolute atomic E-state index is 11.9. The van der Waals surface area contributed by atoms with Crippen LogP contribution in [0, 0.1) is 0 Å². The molecule has 0 aliphatic rings. The van der Waals surface area contributed by atoms with E-state index in [1.807, 2.05) is 19.1 Å². The Morgan fingerprint density at radius 1 is 1.05 bits per heavy atom. The van der Waals surface area contributed by atoms with Gasteiger partial charge in [-0.2, -0.15) is 0 Å². The van der Waals surface area contributed by atoms with Gasteiger partial charge in [0.05, 0.1) is 13.2 Å². The highest BCUT2D eigenvalue weighted by atomic mass is 16.5. The maximum atomic E-state index is 11.9. The Balaban J connectivity index is 2.50. The number of carbonyl (C=O) groups excluding carboxylic acids is 1. The highest BCUT2D eigenvalue weighted by Crippen LogP contribution is 2.19. The van der Waals surface area contributed by atoms with Gasteiger partial charge in [-0.25, -0.2) is 4.79 Å². The zero-order valence-corrected chi connectivity index (χ0v) is 12.4. The Bertz CT molecular complexity index is 424. The number of benzene rings is 1. The average Bonchev–Trinajstić information content (AvgIpc) is 2.48. The first-order valence-electron chi connectivity index (χ1n) is 7.33. The summed E-state index contributed by atoms with van der Waals surface area (Å²) in [5, 5.41) is 0. The van der Waals surface area contributed by atoms with Gasteiger partial charge in [0.1, 0.15) is 11.3 Å². The highest BCUT2D eigenvalue weighted by Gasteiger charge is 2.12. The van der Waals surface area contributed by atoms with E-state index < -0.39 is 0 Å². The van der Waals surface area contributed by atoms with Crippen LogP contribution in [0.4, 0.5) is 0 Å². The van der Waals surface area contributed by atoms with Gasteiger partial charge in [-0.15, -0.1) is 0 Å². The van der Waals surface area contributed by atoms with E-state index in [9.17, 15) is 4.79 Å². The van der Waals surface area contributed by atoms with Crippen molar-refractivity contribution >= 4 is 5.97 Å². The molecule has 1 aromatic rings. The van der Waals surface area contributed by atoms with Crippen LogP contribution in [-0.4, -0.2) is 19.2 Å². The predicted molar refractivity (Wildman–Crippen MR) is 81.2 cm³/mol. The molecule has 0 aliphatic heterocycles. The number of carbonyl (C=O) groups is 1. The Labute approximate surface area is 121 Å². The minimum absolute atomic E-state index is 0.316. The molecule has 3 heteroatoms. The first kappa shape index (κ1) is 16.3. The van der Waals surface area contributed by atoms with Crippen molar-refractivity contribution in [2.45, 2.75) is 39.5 Å². The highest BCUT2D eigenvalue weighted by molar-refractivity contribution is 5.92. The zero-order valence-electron chi connectivity index (χ0n) is 12.4. The molecule has 0 fully saturated rings. The van der Waals surface area contributed by atoms with E-state index in [4.69, 9.17) is 9.47 Å². The van der Waals surface area contributed by atoms with Crippen LogP contribution in [0.3, 0.4) is 0 Å². The van der Waals surface area contributed by atoms with E-state index in [0.717, 1.165) is 25.7 Å². The van der Waals surface area contributed by atoms with Crippen molar-refractivity contribution in [2.75, 3.05) is 13.2 Å².